The number of carbonyl (C=O) groups excluding carboxylic acids is 5. The third-order valence-electron chi connectivity index (χ3n) is 10.4. The maximum absolute atomic E-state index is 14.0. The molecule has 3 saturated carbocycles. The molecule has 2 spiro atoms. The number of barbiturate groups is 1. The van der Waals surface area contributed by atoms with Crippen molar-refractivity contribution in [1.29, 1.82) is 0 Å². The molecular weight excluding hydrogens is 576 g/mol. The molecule has 6 rings (SSSR count). The van der Waals surface area contributed by atoms with Gasteiger partial charge in [-0.15, -0.1) is 23.5 Å². The van der Waals surface area contributed by atoms with Gasteiger partial charge in [-0.1, -0.05) is 20.3 Å². The SMILES string of the molecule is CCSC(SCC)=C1C(=O)N(CC2CCC2)C(=O)N(C2CCC3(CC2)CC2(C3)C(=O)N(C)C(=O)N2CC2COC2)C1=O. The Hall–Kier alpha value is -2.05. The number of hydrogen-bond acceptors (Lipinski definition) is 8. The molecular formula is C30H42N4O6S2. The average molecular weight is 619 g/mol. The van der Waals surface area contributed by atoms with Crippen molar-refractivity contribution in [3.05, 3.63) is 9.81 Å². The molecule has 7 amide bonds. The van der Waals surface area contributed by atoms with Crippen molar-refractivity contribution in [2.24, 2.45) is 17.3 Å². The molecule has 6 fully saturated rings. The van der Waals surface area contributed by atoms with Gasteiger partial charge in [-0.25, -0.2) is 9.59 Å². The number of rotatable bonds is 9. The van der Waals surface area contributed by atoms with Crippen LogP contribution in [0.4, 0.5) is 9.59 Å². The highest BCUT2D eigenvalue weighted by Gasteiger charge is 2.68. The quantitative estimate of drug-likeness (QED) is 0.214. The molecule has 0 aromatic heterocycles. The number of imide groups is 3. The van der Waals surface area contributed by atoms with E-state index >= 15 is 0 Å². The zero-order chi connectivity index (χ0) is 29.8. The smallest absolute Gasteiger partial charge is 0.334 e. The average Bonchev–Trinajstić information content (AvgIpc) is 3.07. The number of likely N-dealkylation sites (N-methyl/N-ethyl adjacent to an activating group) is 1. The van der Waals surface area contributed by atoms with Gasteiger partial charge in [0.05, 0.1) is 17.5 Å². The molecule has 3 aliphatic carbocycles. The van der Waals surface area contributed by atoms with Crippen molar-refractivity contribution in [3.8, 4) is 0 Å². The Morgan fingerprint density at radius 1 is 0.857 bits per heavy atom. The lowest BCUT2D eigenvalue weighted by atomic mass is 9.51. The lowest BCUT2D eigenvalue weighted by Gasteiger charge is -2.59. The Labute approximate surface area is 256 Å². The van der Waals surface area contributed by atoms with Crippen LogP contribution in [0.3, 0.4) is 0 Å². The van der Waals surface area contributed by atoms with Gasteiger partial charge in [-0.2, -0.15) is 0 Å². The van der Waals surface area contributed by atoms with E-state index in [1.807, 2.05) is 13.8 Å². The van der Waals surface area contributed by atoms with Gasteiger partial charge in [0.1, 0.15) is 11.1 Å². The third kappa shape index (κ3) is 4.80. The Kier molecular flexibility index (Phi) is 8.19. The summed E-state index contributed by atoms with van der Waals surface area (Å²) >= 11 is 3.00. The fourth-order valence-corrected chi connectivity index (χ4v) is 10.0. The van der Waals surface area contributed by atoms with Gasteiger partial charge in [0.25, 0.3) is 17.7 Å². The van der Waals surface area contributed by atoms with Crippen LogP contribution >= 0.6 is 23.5 Å². The molecule has 0 aromatic carbocycles. The van der Waals surface area contributed by atoms with Crippen molar-refractivity contribution in [1.82, 2.24) is 19.6 Å². The normalized spacial score (nSPS) is 32.3. The van der Waals surface area contributed by atoms with Crippen molar-refractivity contribution >= 4 is 53.3 Å². The monoisotopic (exact) mass is 618 g/mol. The summed E-state index contributed by atoms with van der Waals surface area (Å²) in [6, 6.07) is -0.979. The van der Waals surface area contributed by atoms with Crippen LogP contribution in [0.5, 0.6) is 0 Å². The zero-order valence-electron chi connectivity index (χ0n) is 24.9. The molecule has 230 valence electrons. The van der Waals surface area contributed by atoms with Crippen LogP contribution in [0.1, 0.15) is 71.6 Å². The molecule has 0 radical (unpaired) electrons. The second kappa shape index (κ2) is 11.5. The predicted octanol–water partition coefficient (Wildman–Crippen LogP) is 4.30. The Morgan fingerprint density at radius 3 is 2.02 bits per heavy atom. The second-order valence-corrected chi connectivity index (χ2v) is 15.8. The van der Waals surface area contributed by atoms with Gasteiger partial charge >= 0.3 is 12.1 Å². The van der Waals surface area contributed by atoms with E-state index in [-0.39, 0.29) is 34.9 Å². The van der Waals surface area contributed by atoms with Gasteiger partial charge in [0.2, 0.25) is 0 Å². The lowest BCUT2D eigenvalue weighted by Crippen LogP contribution is -2.66. The summed E-state index contributed by atoms with van der Waals surface area (Å²) in [5.41, 5.74) is -0.713. The number of nitrogens with zero attached hydrogens (tertiary/aromatic N) is 4. The Morgan fingerprint density at radius 2 is 1.50 bits per heavy atom. The maximum Gasteiger partial charge on any atom is 0.334 e. The van der Waals surface area contributed by atoms with Crippen LogP contribution in [0.25, 0.3) is 0 Å². The van der Waals surface area contributed by atoms with E-state index in [0.29, 0.717) is 62.1 Å². The van der Waals surface area contributed by atoms with Gasteiger partial charge < -0.3 is 9.64 Å². The summed E-state index contributed by atoms with van der Waals surface area (Å²) in [5, 5.41) is 0. The molecule has 10 nitrogen and oxygen atoms in total. The van der Waals surface area contributed by atoms with E-state index < -0.39 is 23.4 Å². The van der Waals surface area contributed by atoms with E-state index in [1.165, 1.54) is 38.2 Å². The predicted molar refractivity (Wildman–Crippen MR) is 160 cm³/mol. The molecule has 12 heteroatoms. The van der Waals surface area contributed by atoms with Crippen molar-refractivity contribution in [3.63, 3.8) is 0 Å². The topological polar surface area (TPSA) is 108 Å². The Balaban J connectivity index is 1.20. The van der Waals surface area contributed by atoms with E-state index in [9.17, 15) is 24.0 Å². The fourth-order valence-electron chi connectivity index (χ4n) is 7.83. The number of carbonyl (C=O) groups is 5. The first-order valence-corrected chi connectivity index (χ1v) is 17.5. The number of ether oxygens (including phenoxy) is 1. The minimum Gasteiger partial charge on any atom is -0.381 e. The summed E-state index contributed by atoms with van der Waals surface area (Å²) in [6.45, 7) is 6.15. The number of thioether (sulfide) groups is 2. The molecule has 0 bridgehead atoms. The molecule has 3 aliphatic heterocycles. The molecule has 3 heterocycles. The van der Waals surface area contributed by atoms with Crippen molar-refractivity contribution in [2.45, 2.75) is 83.2 Å². The van der Waals surface area contributed by atoms with Gasteiger partial charge in [0.15, 0.2) is 0 Å². The first-order valence-electron chi connectivity index (χ1n) is 15.5. The van der Waals surface area contributed by atoms with Crippen LogP contribution in [-0.2, 0) is 19.1 Å². The van der Waals surface area contributed by atoms with Gasteiger partial charge in [-0.3, -0.25) is 29.1 Å². The molecule has 0 aromatic rings. The van der Waals surface area contributed by atoms with Crippen molar-refractivity contribution in [2.75, 3.05) is 44.9 Å². The number of urea groups is 2. The standard InChI is InChI=1S/C30H42N4O6S2/c1-4-41-25(42-5-2)22-23(35)32(13-19-7-6-8-19)28(39)34(24(22)36)21-9-11-29(12-10-21)17-30(18-29)26(37)31(3)27(38)33(30)14-20-15-40-16-20/h19-21H,4-18H2,1-3H3. The summed E-state index contributed by atoms with van der Waals surface area (Å²) in [4.78, 5) is 73.6. The second-order valence-electron chi connectivity index (χ2n) is 13.0. The van der Waals surface area contributed by atoms with Crippen LogP contribution < -0.4 is 0 Å². The number of hydrogen-bond donors (Lipinski definition) is 0. The van der Waals surface area contributed by atoms with Crippen LogP contribution in [-0.4, -0.2) is 106 Å². The minimum atomic E-state index is -0.781. The van der Waals surface area contributed by atoms with Crippen LogP contribution in [0.2, 0.25) is 0 Å². The first-order chi connectivity index (χ1) is 20.1. The van der Waals surface area contributed by atoms with Crippen molar-refractivity contribution < 1.29 is 28.7 Å². The summed E-state index contributed by atoms with van der Waals surface area (Å²) in [6.07, 6.45) is 7.18. The summed E-state index contributed by atoms with van der Waals surface area (Å²) in [5.74, 6) is 1.03. The highest BCUT2D eigenvalue weighted by atomic mass is 32.2. The zero-order valence-corrected chi connectivity index (χ0v) is 26.5. The highest BCUT2D eigenvalue weighted by Crippen LogP contribution is 2.61. The van der Waals surface area contributed by atoms with E-state index in [0.717, 1.165) is 43.6 Å². The minimum absolute atomic E-state index is 0.0880. The molecule has 0 N–H and O–H groups in total. The van der Waals surface area contributed by atoms with Crippen LogP contribution in [0, 0.1) is 17.3 Å². The molecule has 0 atom stereocenters. The largest absolute Gasteiger partial charge is 0.381 e. The number of amides is 7. The highest BCUT2D eigenvalue weighted by molar-refractivity contribution is 8.22. The molecule has 42 heavy (non-hydrogen) atoms. The lowest BCUT2D eigenvalue weighted by molar-refractivity contribution is -0.153. The first kappa shape index (κ1) is 30.0. The van der Waals surface area contributed by atoms with E-state index in [1.54, 1.807) is 11.9 Å². The fraction of sp³-hybridized carbons (Fsp3) is 0.767. The molecule has 6 aliphatic rings. The molecule has 0 unspecified atom stereocenters. The Bertz CT molecular complexity index is 1190. The third-order valence-corrected chi connectivity index (χ3v) is 12.6. The maximum atomic E-state index is 14.0. The summed E-state index contributed by atoms with van der Waals surface area (Å²) in [7, 11) is 1.57. The molecule has 3 saturated heterocycles. The summed E-state index contributed by atoms with van der Waals surface area (Å²) < 4.78 is 6.03. The van der Waals surface area contributed by atoms with E-state index in [4.69, 9.17) is 4.74 Å². The van der Waals surface area contributed by atoms with E-state index in [2.05, 4.69) is 0 Å². The van der Waals surface area contributed by atoms with Crippen LogP contribution in [0.15, 0.2) is 9.81 Å². The van der Waals surface area contributed by atoms with Gasteiger partial charge in [-0.05, 0) is 74.2 Å². The van der Waals surface area contributed by atoms with Gasteiger partial charge in [0, 0.05) is 32.1 Å².